The maximum Gasteiger partial charge on any atom is 0.244 e. The number of aromatic nitrogens is 4. The molecule has 1 saturated heterocycles. The van der Waals surface area contributed by atoms with Crippen molar-refractivity contribution < 1.29 is 14.0 Å². The lowest BCUT2D eigenvalue weighted by molar-refractivity contribution is -0.133. The number of likely N-dealkylation sites (tertiary alicyclic amines) is 1. The van der Waals surface area contributed by atoms with Gasteiger partial charge in [0.15, 0.2) is 0 Å². The quantitative estimate of drug-likeness (QED) is 0.599. The predicted octanol–water partition coefficient (Wildman–Crippen LogP) is 2.62. The van der Waals surface area contributed by atoms with E-state index >= 15 is 0 Å². The van der Waals surface area contributed by atoms with Crippen molar-refractivity contribution in [1.29, 1.82) is 0 Å². The van der Waals surface area contributed by atoms with Crippen LogP contribution >= 0.6 is 0 Å². The zero-order chi connectivity index (χ0) is 22.9. The van der Waals surface area contributed by atoms with Gasteiger partial charge in [-0.3, -0.25) is 19.2 Å². The Kier molecular flexibility index (Phi) is 5.62. The Morgan fingerprint density at radius 3 is 2.91 bits per heavy atom. The lowest BCUT2D eigenvalue weighted by Crippen LogP contribution is -2.41. The number of carbonyl (C=O) groups is 2. The number of piperidine rings is 1. The van der Waals surface area contributed by atoms with Gasteiger partial charge in [-0.2, -0.15) is 5.10 Å². The van der Waals surface area contributed by atoms with Crippen molar-refractivity contribution in [3.05, 3.63) is 71.2 Å². The highest BCUT2D eigenvalue weighted by atomic mass is 19.1. The van der Waals surface area contributed by atoms with E-state index in [9.17, 15) is 14.0 Å². The largest absolute Gasteiger partial charge is 0.340 e. The van der Waals surface area contributed by atoms with Crippen LogP contribution in [0, 0.1) is 12.7 Å². The SMILES string of the molecule is Cc1nc([C@@H]2CCCN(C(=O)Cn3cccn3)C2)nc2c1CC(=O)N2Cc1cccc(F)c1. The van der Waals surface area contributed by atoms with Crippen molar-refractivity contribution in [3.63, 3.8) is 0 Å². The Morgan fingerprint density at radius 1 is 1.24 bits per heavy atom. The molecule has 1 aromatic carbocycles. The van der Waals surface area contributed by atoms with E-state index in [1.165, 1.54) is 12.1 Å². The van der Waals surface area contributed by atoms with Crippen LogP contribution < -0.4 is 4.90 Å². The molecule has 0 N–H and O–H groups in total. The molecule has 2 aliphatic rings. The molecule has 0 unspecified atom stereocenters. The van der Waals surface area contributed by atoms with Gasteiger partial charge in [-0.05, 0) is 43.5 Å². The fraction of sp³-hybridized carbons (Fsp3) is 0.375. The van der Waals surface area contributed by atoms with Gasteiger partial charge in [-0.25, -0.2) is 14.4 Å². The normalized spacial score (nSPS) is 18.0. The second-order valence-corrected chi connectivity index (χ2v) is 8.64. The van der Waals surface area contributed by atoms with Crippen molar-refractivity contribution in [3.8, 4) is 0 Å². The molecule has 1 atom stereocenters. The number of carbonyl (C=O) groups excluding carboxylic acids is 2. The van der Waals surface area contributed by atoms with Crippen LogP contribution in [0.15, 0.2) is 42.7 Å². The number of amides is 2. The van der Waals surface area contributed by atoms with Gasteiger partial charge in [-0.1, -0.05) is 12.1 Å². The molecule has 0 saturated carbocycles. The molecule has 0 aliphatic carbocycles. The molecule has 8 nitrogen and oxygen atoms in total. The summed E-state index contributed by atoms with van der Waals surface area (Å²) in [7, 11) is 0. The molecular formula is C24H25FN6O2. The highest BCUT2D eigenvalue weighted by molar-refractivity contribution is 6.00. The molecule has 2 aliphatic heterocycles. The summed E-state index contributed by atoms with van der Waals surface area (Å²) < 4.78 is 15.3. The molecule has 5 rings (SSSR count). The molecule has 1 fully saturated rings. The summed E-state index contributed by atoms with van der Waals surface area (Å²) >= 11 is 0. The smallest absolute Gasteiger partial charge is 0.244 e. The number of halogens is 1. The fourth-order valence-corrected chi connectivity index (χ4v) is 4.61. The van der Waals surface area contributed by atoms with Gasteiger partial charge in [0.1, 0.15) is 24.0 Å². The van der Waals surface area contributed by atoms with Crippen molar-refractivity contribution >= 4 is 17.6 Å². The number of hydrogen-bond acceptors (Lipinski definition) is 5. The molecule has 3 aromatic rings. The van der Waals surface area contributed by atoms with E-state index in [0.29, 0.717) is 30.3 Å². The minimum absolute atomic E-state index is 0.00366. The van der Waals surface area contributed by atoms with Crippen LogP contribution in [0.2, 0.25) is 0 Å². The van der Waals surface area contributed by atoms with Gasteiger partial charge in [0.2, 0.25) is 11.8 Å². The number of aryl methyl sites for hydroxylation is 1. The fourth-order valence-electron chi connectivity index (χ4n) is 4.61. The Morgan fingerprint density at radius 2 is 2.12 bits per heavy atom. The van der Waals surface area contributed by atoms with Crippen molar-refractivity contribution in [1.82, 2.24) is 24.6 Å². The van der Waals surface area contributed by atoms with Crippen LogP contribution in [-0.4, -0.2) is 49.6 Å². The summed E-state index contributed by atoms with van der Waals surface area (Å²) in [6.07, 6.45) is 5.42. The summed E-state index contributed by atoms with van der Waals surface area (Å²) in [5, 5.41) is 4.12. The molecule has 33 heavy (non-hydrogen) atoms. The number of hydrogen-bond donors (Lipinski definition) is 0. The minimum Gasteiger partial charge on any atom is -0.340 e. The van der Waals surface area contributed by atoms with Gasteiger partial charge in [0.05, 0.1) is 13.0 Å². The van der Waals surface area contributed by atoms with Crippen LogP contribution in [0.3, 0.4) is 0 Å². The summed E-state index contributed by atoms with van der Waals surface area (Å²) in [5.74, 6) is 0.873. The third-order valence-electron chi connectivity index (χ3n) is 6.32. The van der Waals surface area contributed by atoms with Crippen molar-refractivity contribution in [2.24, 2.45) is 0 Å². The van der Waals surface area contributed by atoms with E-state index in [-0.39, 0.29) is 43.1 Å². The average Bonchev–Trinajstić information content (AvgIpc) is 3.42. The summed E-state index contributed by atoms with van der Waals surface area (Å²) in [6.45, 7) is 3.60. The highest BCUT2D eigenvalue weighted by Gasteiger charge is 2.34. The maximum absolute atomic E-state index is 13.7. The van der Waals surface area contributed by atoms with E-state index in [1.807, 2.05) is 11.8 Å². The first-order chi connectivity index (χ1) is 16.0. The minimum atomic E-state index is -0.332. The third-order valence-corrected chi connectivity index (χ3v) is 6.32. The number of rotatable bonds is 5. The highest BCUT2D eigenvalue weighted by Crippen LogP contribution is 2.33. The van der Waals surface area contributed by atoms with Crippen molar-refractivity contribution in [2.75, 3.05) is 18.0 Å². The predicted molar refractivity (Wildman–Crippen MR) is 119 cm³/mol. The monoisotopic (exact) mass is 448 g/mol. The van der Waals surface area contributed by atoms with E-state index in [1.54, 1.807) is 40.2 Å². The zero-order valence-electron chi connectivity index (χ0n) is 18.4. The van der Waals surface area contributed by atoms with Gasteiger partial charge in [0, 0.05) is 42.7 Å². The van der Waals surface area contributed by atoms with Crippen LogP contribution in [0.25, 0.3) is 0 Å². The number of fused-ring (bicyclic) bond motifs is 1. The van der Waals surface area contributed by atoms with Gasteiger partial charge >= 0.3 is 0 Å². The molecule has 2 amide bonds. The van der Waals surface area contributed by atoms with Crippen LogP contribution in [0.1, 0.15) is 41.4 Å². The Bertz CT molecular complexity index is 1200. The second-order valence-electron chi connectivity index (χ2n) is 8.64. The maximum atomic E-state index is 13.7. The molecular weight excluding hydrogens is 423 g/mol. The van der Waals surface area contributed by atoms with Crippen molar-refractivity contribution in [2.45, 2.75) is 45.2 Å². The lowest BCUT2D eigenvalue weighted by atomic mass is 9.96. The summed E-state index contributed by atoms with van der Waals surface area (Å²) in [6, 6.07) is 8.05. The van der Waals surface area contributed by atoms with Gasteiger partial charge in [0.25, 0.3) is 0 Å². The molecule has 0 bridgehead atoms. The van der Waals surface area contributed by atoms with Crippen LogP contribution in [0.4, 0.5) is 10.2 Å². The average molecular weight is 449 g/mol. The Hall–Kier alpha value is -3.62. The first-order valence-corrected chi connectivity index (χ1v) is 11.2. The standard InChI is InChI=1S/C24H25FN6O2/c1-16-20-12-21(32)31(13-17-5-2-7-19(25)11-17)24(20)28-23(27-16)18-6-3-9-29(14-18)22(33)15-30-10-4-8-26-30/h2,4-5,7-8,10-11,18H,3,6,9,12-15H2,1H3/t18-/m1/s1. The van der Waals surface area contributed by atoms with E-state index < -0.39 is 0 Å². The third kappa shape index (κ3) is 4.35. The van der Waals surface area contributed by atoms with Gasteiger partial charge in [-0.15, -0.1) is 0 Å². The molecule has 2 aromatic heterocycles. The molecule has 4 heterocycles. The first-order valence-electron chi connectivity index (χ1n) is 11.2. The number of anilines is 1. The van der Waals surface area contributed by atoms with Gasteiger partial charge < -0.3 is 4.90 Å². The number of nitrogens with zero attached hydrogens (tertiary/aromatic N) is 6. The lowest BCUT2D eigenvalue weighted by Gasteiger charge is -2.32. The molecule has 170 valence electrons. The number of benzene rings is 1. The summed E-state index contributed by atoms with van der Waals surface area (Å²) in [5.41, 5.74) is 2.31. The van der Waals surface area contributed by atoms with E-state index in [0.717, 1.165) is 24.1 Å². The van der Waals surface area contributed by atoms with Crippen LogP contribution in [0.5, 0.6) is 0 Å². The Balaban J connectivity index is 1.37. The van der Waals surface area contributed by atoms with E-state index in [4.69, 9.17) is 9.97 Å². The second kappa shape index (κ2) is 8.73. The van der Waals surface area contributed by atoms with E-state index in [2.05, 4.69) is 5.10 Å². The molecule has 0 spiro atoms. The molecule has 9 heteroatoms. The zero-order valence-corrected chi connectivity index (χ0v) is 18.4. The van der Waals surface area contributed by atoms with Crippen LogP contribution in [-0.2, 0) is 29.1 Å². The Labute approximate surface area is 191 Å². The summed E-state index contributed by atoms with van der Waals surface area (Å²) in [4.78, 5) is 38.5. The first kappa shape index (κ1) is 21.2. The topological polar surface area (TPSA) is 84.2 Å². The molecule has 0 radical (unpaired) electrons.